The smallest absolute Gasteiger partial charge is 0.186 e. The topological polar surface area (TPSA) is 65.7 Å². The molecule has 0 radical (unpaired) electrons. The van der Waals surface area contributed by atoms with Gasteiger partial charge in [0.15, 0.2) is 11.6 Å². The Morgan fingerprint density at radius 1 is 0.720 bits per heavy atom. The maximum absolute atomic E-state index is 12.4. The first-order valence-electron chi connectivity index (χ1n) is 8.85. The van der Waals surface area contributed by atoms with Crippen LogP contribution in [0.25, 0.3) is 0 Å². The molecule has 0 aliphatic carbocycles. The summed E-state index contributed by atoms with van der Waals surface area (Å²) in [5.74, 6) is -0.339. The standard InChI is InChI=1S/C21H30N2O2/c1-20(2,3)12-14-7-9-16(22-14)18(24)11-19(25)17-10-8-15(23-17)13-21(4,5)6/h7-10,22-23H,11-13H2,1-6H3. The molecule has 0 fully saturated rings. The van der Waals surface area contributed by atoms with E-state index in [0.717, 1.165) is 24.2 Å². The Balaban J connectivity index is 2.00. The second-order valence-corrected chi connectivity index (χ2v) is 9.29. The molecular formula is C21H30N2O2. The second-order valence-electron chi connectivity index (χ2n) is 9.29. The van der Waals surface area contributed by atoms with Gasteiger partial charge < -0.3 is 9.97 Å². The molecule has 2 rings (SSSR count). The zero-order valence-electron chi connectivity index (χ0n) is 16.2. The lowest BCUT2D eigenvalue weighted by Crippen LogP contribution is -2.12. The zero-order valence-corrected chi connectivity index (χ0v) is 16.2. The van der Waals surface area contributed by atoms with Crippen molar-refractivity contribution in [2.24, 2.45) is 10.8 Å². The normalized spacial score (nSPS) is 12.4. The fourth-order valence-corrected chi connectivity index (χ4v) is 2.89. The van der Waals surface area contributed by atoms with E-state index in [0.29, 0.717) is 11.4 Å². The van der Waals surface area contributed by atoms with Gasteiger partial charge in [0.05, 0.1) is 17.8 Å². The maximum Gasteiger partial charge on any atom is 0.186 e. The summed E-state index contributed by atoms with van der Waals surface area (Å²) in [6.45, 7) is 12.9. The predicted molar refractivity (Wildman–Crippen MR) is 101 cm³/mol. The van der Waals surface area contributed by atoms with Crippen LogP contribution in [0, 0.1) is 10.8 Å². The first kappa shape index (κ1) is 19.2. The fraction of sp³-hybridized carbons (Fsp3) is 0.524. The van der Waals surface area contributed by atoms with Crippen molar-refractivity contribution in [1.82, 2.24) is 9.97 Å². The second kappa shape index (κ2) is 7.03. The first-order valence-corrected chi connectivity index (χ1v) is 8.85. The number of aromatic nitrogens is 2. The van der Waals surface area contributed by atoms with Gasteiger partial charge in [-0.3, -0.25) is 9.59 Å². The van der Waals surface area contributed by atoms with E-state index in [9.17, 15) is 9.59 Å². The lowest BCUT2D eigenvalue weighted by molar-refractivity contribution is 0.0889. The number of nitrogens with one attached hydrogen (secondary N) is 2. The first-order chi connectivity index (χ1) is 11.4. The molecule has 0 unspecified atom stereocenters. The molecule has 0 spiro atoms. The summed E-state index contributed by atoms with van der Waals surface area (Å²) in [6.07, 6.45) is 1.60. The summed E-state index contributed by atoms with van der Waals surface area (Å²) in [5, 5.41) is 0. The van der Waals surface area contributed by atoms with E-state index in [-0.39, 0.29) is 28.8 Å². The number of carbonyl (C=O) groups is 2. The Kier molecular flexibility index (Phi) is 5.40. The van der Waals surface area contributed by atoms with E-state index in [4.69, 9.17) is 0 Å². The molecule has 0 atom stereocenters. The highest BCUT2D eigenvalue weighted by Gasteiger charge is 2.19. The molecule has 4 nitrogen and oxygen atoms in total. The average molecular weight is 342 g/mol. The summed E-state index contributed by atoms with van der Waals surface area (Å²) in [7, 11) is 0. The van der Waals surface area contributed by atoms with Crippen LogP contribution in [0.5, 0.6) is 0 Å². The van der Waals surface area contributed by atoms with Gasteiger partial charge in [-0.15, -0.1) is 0 Å². The molecule has 0 amide bonds. The lowest BCUT2D eigenvalue weighted by Gasteiger charge is -2.16. The van der Waals surface area contributed by atoms with E-state index in [2.05, 4.69) is 51.5 Å². The number of Topliss-reactive ketones (excluding diaryl/α,β-unsaturated/α-hetero) is 2. The highest BCUT2D eigenvalue weighted by Crippen LogP contribution is 2.22. The minimum absolute atomic E-state index is 0.120. The Morgan fingerprint density at radius 3 is 1.40 bits per heavy atom. The predicted octanol–water partition coefficient (Wildman–Crippen LogP) is 4.98. The SMILES string of the molecule is CC(C)(C)Cc1ccc(C(=O)CC(=O)c2ccc(CC(C)(C)C)[nH]2)[nH]1. The quantitative estimate of drug-likeness (QED) is 0.574. The van der Waals surface area contributed by atoms with Crippen molar-refractivity contribution >= 4 is 11.6 Å². The Labute approximate surface area is 150 Å². The van der Waals surface area contributed by atoms with Crippen LogP contribution in [0.4, 0.5) is 0 Å². The molecule has 136 valence electrons. The van der Waals surface area contributed by atoms with Gasteiger partial charge in [-0.05, 0) is 47.9 Å². The highest BCUT2D eigenvalue weighted by atomic mass is 16.1. The van der Waals surface area contributed by atoms with Gasteiger partial charge in [0, 0.05) is 11.4 Å². The molecule has 2 aromatic rings. The number of H-pyrrole nitrogens is 2. The van der Waals surface area contributed by atoms with Gasteiger partial charge in [-0.25, -0.2) is 0 Å². The van der Waals surface area contributed by atoms with Gasteiger partial charge in [0.2, 0.25) is 0 Å². The number of carbonyl (C=O) groups excluding carboxylic acids is 2. The van der Waals surface area contributed by atoms with Gasteiger partial charge in [-0.1, -0.05) is 41.5 Å². The lowest BCUT2D eigenvalue weighted by atomic mass is 9.91. The van der Waals surface area contributed by atoms with E-state index >= 15 is 0 Å². The minimum atomic E-state index is -0.169. The van der Waals surface area contributed by atoms with Crippen molar-refractivity contribution in [3.05, 3.63) is 47.0 Å². The van der Waals surface area contributed by atoms with Crippen molar-refractivity contribution in [3.8, 4) is 0 Å². The van der Waals surface area contributed by atoms with Crippen molar-refractivity contribution in [2.45, 2.75) is 60.8 Å². The monoisotopic (exact) mass is 342 g/mol. The number of rotatable bonds is 6. The van der Waals surface area contributed by atoms with Crippen molar-refractivity contribution < 1.29 is 9.59 Å². The Hall–Kier alpha value is -2.10. The molecule has 2 heterocycles. The van der Waals surface area contributed by atoms with Gasteiger partial charge >= 0.3 is 0 Å². The molecule has 0 saturated heterocycles. The number of aromatic amines is 2. The third kappa shape index (κ3) is 6.04. The summed E-state index contributed by atoms with van der Waals surface area (Å²) in [6, 6.07) is 7.41. The molecular weight excluding hydrogens is 312 g/mol. The fourth-order valence-electron chi connectivity index (χ4n) is 2.89. The van der Waals surface area contributed by atoms with Crippen molar-refractivity contribution in [1.29, 1.82) is 0 Å². The van der Waals surface area contributed by atoms with Crippen LogP contribution < -0.4 is 0 Å². The molecule has 25 heavy (non-hydrogen) atoms. The molecule has 0 aliphatic rings. The molecule has 0 aliphatic heterocycles. The summed E-state index contributed by atoms with van der Waals surface area (Å²) in [4.78, 5) is 31.1. The van der Waals surface area contributed by atoms with E-state index in [1.165, 1.54) is 0 Å². The third-order valence-electron chi connectivity index (χ3n) is 3.86. The van der Waals surface area contributed by atoms with Crippen LogP contribution in [0.3, 0.4) is 0 Å². The molecule has 2 aromatic heterocycles. The zero-order chi connectivity index (χ0) is 18.8. The number of hydrogen-bond acceptors (Lipinski definition) is 2. The third-order valence-corrected chi connectivity index (χ3v) is 3.86. The largest absolute Gasteiger partial charge is 0.356 e. The van der Waals surface area contributed by atoms with Crippen molar-refractivity contribution in [2.75, 3.05) is 0 Å². The average Bonchev–Trinajstić information content (AvgIpc) is 3.04. The van der Waals surface area contributed by atoms with Crippen LogP contribution in [0.1, 0.15) is 80.3 Å². The molecule has 4 heteroatoms. The Bertz CT molecular complexity index is 687. The molecule has 0 aromatic carbocycles. The molecule has 0 saturated carbocycles. The van der Waals surface area contributed by atoms with Crippen LogP contribution in [0.15, 0.2) is 24.3 Å². The molecule has 2 N–H and O–H groups in total. The van der Waals surface area contributed by atoms with Crippen molar-refractivity contribution in [3.63, 3.8) is 0 Å². The summed E-state index contributed by atoms with van der Waals surface area (Å²) < 4.78 is 0. The Morgan fingerprint density at radius 2 is 1.08 bits per heavy atom. The van der Waals surface area contributed by atoms with E-state index in [1.807, 2.05) is 12.1 Å². The number of hydrogen-bond donors (Lipinski definition) is 2. The van der Waals surface area contributed by atoms with Crippen LogP contribution in [0.2, 0.25) is 0 Å². The van der Waals surface area contributed by atoms with Crippen LogP contribution in [-0.4, -0.2) is 21.5 Å². The van der Waals surface area contributed by atoms with Crippen LogP contribution in [-0.2, 0) is 12.8 Å². The molecule has 0 bridgehead atoms. The highest BCUT2D eigenvalue weighted by molar-refractivity contribution is 6.12. The van der Waals surface area contributed by atoms with Gasteiger partial charge in [0.1, 0.15) is 0 Å². The summed E-state index contributed by atoms with van der Waals surface area (Å²) >= 11 is 0. The van der Waals surface area contributed by atoms with E-state index < -0.39 is 0 Å². The number of ketones is 2. The van der Waals surface area contributed by atoms with Crippen LogP contribution >= 0.6 is 0 Å². The van der Waals surface area contributed by atoms with Gasteiger partial charge in [-0.2, -0.15) is 0 Å². The minimum Gasteiger partial charge on any atom is -0.356 e. The van der Waals surface area contributed by atoms with E-state index in [1.54, 1.807) is 12.1 Å². The summed E-state index contributed by atoms with van der Waals surface area (Å²) in [5.41, 5.74) is 3.36. The maximum atomic E-state index is 12.4. The van der Waals surface area contributed by atoms with Gasteiger partial charge in [0.25, 0.3) is 0 Å².